The number of nitrogens with one attached hydrogen (secondary N) is 1. The molecule has 0 spiro atoms. The summed E-state index contributed by atoms with van der Waals surface area (Å²) in [6.45, 7) is 4.66. The van der Waals surface area contributed by atoms with Gasteiger partial charge in [-0.15, -0.1) is 0 Å². The summed E-state index contributed by atoms with van der Waals surface area (Å²) in [7, 11) is 1.68. The molecule has 3 aromatic rings. The minimum atomic E-state index is -0.703. The molecule has 0 saturated heterocycles. The number of pyridine rings is 1. The number of nitrogens with zero attached hydrogens (tertiary/aromatic N) is 5. The van der Waals surface area contributed by atoms with Crippen LogP contribution in [0.5, 0.6) is 5.88 Å². The van der Waals surface area contributed by atoms with Crippen molar-refractivity contribution in [2.75, 3.05) is 7.05 Å². The molecule has 1 saturated carbocycles. The number of rotatable bonds is 8. The third-order valence-corrected chi connectivity index (χ3v) is 5.52. The number of hydrogen-bond acceptors (Lipinski definition) is 6. The largest absolute Gasteiger partial charge is 0.494 e. The van der Waals surface area contributed by atoms with Crippen LogP contribution < -0.4 is 10.9 Å². The molecule has 0 radical (unpaired) electrons. The molecule has 0 unspecified atom stereocenters. The number of carbonyl (C=O) groups is 2. The topological polar surface area (TPSA) is 122 Å². The molecule has 0 atom stereocenters. The molecule has 4 rings (SSSR count). The summed E-state index contributed by atoms with van der Waals surface area (Å²) in [6.07, 6.45) is 9.48. The summed E-state index contributed by atoms with van der Waals surface area (Å²) >= 11 is 0. The van der Waals surface area contributed by atoms with E-state index >= 15 is 0 Å². The first-order chi connectivity index (χ1) is 16.3. The van der Waals surface area contributed by atoms with Gasteiger partial charge in [0.15, 0.2) is 5.56 Å². The third-order valence-electron chi connectivity index (χ3n) is 5.52. The van der Waals surface area contributed by atoms with Crippen molar-refractivity contribution in [1.29, 1.82) is 0 Å². The van der Waals surface area contributed by atoms with Crippen molar-refractivity contribution in [3.63, 3.8) is 0 Å². The van der Waals surface area contributed by atoms with E-state index in [1.54, 1.807) is 25.5 Å². The predicted octanol–water partition coefficient (Wildman–Crippen LogP) is 1.82. The van der Waals surface area contributed by atoms with Crippen LogP contribution in [0.4, 0.5) is 0 Å². The molecule has 1 aliphatic rings. The van der Waals surface area contributed by atoms with Gasteiger partial charge in [0, 0.05) is 50.2 Å². The van der Waals surface area contributed by atoms with Gasteiger partial charge in [0.25, 0.3) is 11.5 Å². The van der Waals surface area contributed by atoms with Gasteiger partial charge < -0.3 is 15.3 Å². The van der Waals surface area contributed by atoms with Crippen molar-refractivity contribution < 1.29 is 14.7 Å². The van der Waals surface area contributed by atoms with E-state index in [1.165, 1.54) is 21.7 Å². The Kier molecular flexibility index (Phi) is 6.49. The molecule has 3 aromatic heterocycles. The highest BCUT2D eigenvalue weighted by Crippen LogP contribution is 2.24. The Balaban J connectivity index is 1.68. The van der Waals surface area contributed by atoms with Gasteiger partial charge in [-0.1, -0.05) is 19.9 Å². The smallest absolute Gasteiger partial charge is 0.291 e. The second kappa shape index (κ2) is 9.50. The number of amides is 2. The van der Waals surface area contributed by atoms with Crippen molar-refractivity contribution in [1.82, 2.24) is 29.4 Å². The molecule has 3 heterocycles. The second-order valence-corrected chi connectivity index (χ2v) is 8.98. The minimum Gasteiger partial charge on any atom is -0.494 e. The van der Waals surface area contributed by atoms with E-state index in [-0.39, 0.29) is 23.4 Å². The van der Waals surface area contributed by atoms with E-state index < -0.39 is 17.3 Å². The second-order valence-electron chi connectivity index (χ2n) is 8.98. The highest BCUT2D eigenvalue weighted by atomic mass is 16.3. The van der Waals surface area contributed by atoms with E-state index in [0.29, 0.717) is 24.3 Å². The molecular weight excluding hydrogens is 436 g/mol. The number of fused-ring (bicyclic) bond motifs is 1. The quantitative estimate of drug-likeness (QED) is 0.491. The van der Waals surface area contributed by atoms with Gasteiger partial charge in [-0.25, -0.2) is 0 Å². The number of carbonyl (C=O) groups excluding carboxylic acids is 2. The Labute approximate surface area is 196 Å². The Bertz CT molecular complexity index is 1300. The lowest BCUT2D eigenvalue weighted by molar-refractivity contribution is -0.125. The lowest BCUT2D eigenvalue weighted by atomic mass is 10.2. The van der Waals surface area contributed by atoms with Crippen LogP contribution in [0.3, 0.4) is 0 Å². The molecule has 178 valence electrons. The maximum Gasteiger partial charge on any atom is 0.291 e. The fraction of sp³-hybridized carbons (Fsp3) is 0.375. The zero-order chi connectivity index (χ0) is 24.4. The van der Waals surface area contributed by atoms with Crippen LogP contribution in [0.15, 0.2) is 41.6 Å². The Hall–Kier alpha value is -3.95. The zero-order valence-corrected chi connectivity index (χ0v) is 19.4. The summed E-state index contributed by atoms with van der Waals surface area (Å²) < 4.78 is 2.61. The van der Waals surface area contributed by atoms with E-state index in [0.717, 1.165) is 22.9 Å². The average Bonchev–Trinajstić information content (AvgIpc) is 3.50. The minimum absolute atomic E-state index is 0.0336. The van der Waals surface area contributed by atoms with Gasteiger partial charge in [0.2, 0.25) is 11.8 Å². The van der Waals surface area contributed by atoms with Gasteiger partial charge in [-0.2, -0.15) is 9.61 Å². The molecule has 2 amide bonds. The highest BCUT2D eigenvalue weighted by molar-refractivity contribution is 5.97. The van der Waals surface area contributed by atoms with Crippen molar-refractivity contribution in [3.05, 3.63) is 63.8 Å². The summed E-state index contributed by atoms with van der Waals surface area (Å²) in [5.74, 6) is -1.15. The fourth-order valence-electron chi connectivity index (χ4n) is 3.68. The molecule has 10 nitrogen and oxygen atoms in total. The molecule has 0 aromatic carbocycles. The maximum atomic E-state index is 13.1. The molecule has 1 aliphatic carbocycles. The molecule has 10 heteroatoms. The fourth-order valence-corrected chi connectivity index (χ4v) is 3.68. The third kappa shape index (κ3) is 4.85. The normalized spacial score (nSPS) is 13.6. The summed E-state index contributed by atoms with van der Waals surface area (Å²) in [6, 6.07) is 3.73. The first-order valence-corrected chi connectivity index (χ1v) is 11.2. The van der Waals surface area contributed by atoms with E-state index in [4.69, 9.17) is 0 Å². The molecule has 0 aliphatic heterocycles. The average molecular weight is 465 g/mol. The van der Waals surface area contributed by atoms with E-state index in [9.17, 15) is 19.5 Å². The van der Waals surface area contributed by atoms with Crippen LogP contribution in [-0.4, -0.2) is 54.1 Å². The van der Waals surface area contributed by atoms with Gasteiger partial charge in [0.05, 0.1) is 6.20 Å². The van der Waals surface area contributed by atoms with E-state index in [2.05, 4.69) is 15.4 Å². The van der Waals surface area contributed by atoms with E-state index in [1.807, 2.05) is 26.0 Å². The Morgan fingerprint density at radius 1 is 1.32 bits per heavy atom. The lowest BCUT2D eigenvalue weighted by Crippen LogP contribution is -2.34. The van der Waals surface area contributed by atoms with Gasteiger partial charge in [-0.3, -0.25) is 23.9 Å². The SMILES string of the molecule is CC(C)Cn1c(O)c(C(=O)NC2CC2)c(=O)n2ncc(C=CC(=O)N(C)Cc3cccnc3)c12. The van der Waals surface area contributed by atoms with Crippen LogP contribution in [0.2, 0.25) is 0 Å². The Morgan fingerprint density at radius 3 is 2.74 bits per heavy atom. The molecule has 0 bridgehead atoms. The summed E-state index contributed by atoms with van der Waals surface area (Å²) in [4.78, 5) is 44.0. The van der Waals surface area contributed by atoms with Gasteiger partial charge in [0.1, 0.15) is 5.65 Å². The van der Waals surface area contributed by atoms with Gasteiger partial charge >= 0.3 is 0 Å². The lowest BCUT2D eigenvalue weighted by Gasteiger charge is -2.17. The first-order valence-electron chi connectivity index (χ1n) is 11.2. The number of likely N-dealkylation sites (N-methyl/N-ethyl adjacent to an activating group) is 1. The number of aromatic nitrogens is 4. The predicted molar refractivity (Wildman–Crippen MR) is 126 cm³/mol. The molecule has 1 fully saturated rings. The van der Waals surface area contributed by atoms with Crippen LogP contribution >= 0.6 is 0 Å². The monoisotopic (exact) mass is 464 g/mol. The van der Waals surface area contributed by atoms with Gasteiger partial charge in [-0.05, 0) is 36.5 Å². The van der Waals surface area contributed by atoms with Crippen LogP contribution in [0.25, 0.3) is 11.7 Å². The Morgan fingerprint density at radius 2 is 2.09 bits per heavy atom. The summed E-state index contributed by atoms with van der Waals surface area (Å²) in [5, 5.41) is 17.9. The summed E-state index contributed by atoms with van der Waals surface area (Å²) in [5.41, 5.74) is 0.662. The molecule has 34 heavy (non-hydrogen) atoms. The van der Waals surface area contributed by atoms with Crippen molar-refractivity contribution in [2.24, 2.45) is 5.92 Å². The van der Waals surface area contributed by atoms with Crippen LogP contribution in [-0.2, 0) is 17.9 Å². The molecule has 2 N–H and O–H groups in total. The van der Waals surface area contributed by atoms with Crippen LogP contribution in [0, 0.1) is 5.92 Å². The first kappa shape index (κ1) is 23.2. The van der Waals surface area contributed by atoms with Crippen molar-refractivity contribution >= 4 is 23.5 Å². The van der Waals surface area contributed by atoms with Crippen LogP contribution in [0.1, 0.15) is 48.2 Å². The molecular formula is C24H28N6O4. The number of hydrogen-bond donors (Lipinski definition) is 2. The van der Waals surface area contributed by atoms with Crippen molar-refractivity contribution in [3.8, 4) is 5.88 Å². The van der Waals surface area contributed by atoms with Crippen molar-refractivity contribution in [2.45, 2.75) is 45.8 Å². The highest BCUT2D eigenvalue weighted by Gasteiger charge is 2.29. The standard InChI is InChI=1S/C24H28N6O4/c1-15(2)13-29-22-17(6-9-19(31)28(3)14-16-5-4-10-25-11-16)12-26-30(22)24(34)20(23(29)33)21(32)27-18-7-8-18/h4-6,9-12,15,18,33H,7-8,13-14H2,1-3H3,(H,27,32). The zero-order valence-electron chi connectivity index (χ0n) is 19.4. The maximum absolute atomic E-state index is 13.1. The number of aromatic hydroxyl groups is 1.